The van der Waals surface area contributed by atoms with Crippen molar-refractivity contribution in [1.29, 1.82) is 0 Å². The van der Waals surface area contributed by atoms with Gasteiger partial charge in [-0.15, -0.1) is 0 Å². The lowest BCUT2D eigenvalue weighted by Gasteiger charge is -2.33. The van der Waals surface area contributed by atoms with E-state index >= 15 is 0 Å². The van der Waals surface area contributed by atoms with E-state index in [1.54, 1.807) is 0 Å². The van der Waals surface area contributed by atoms with Crippen molar-refractivity contribution in [3.8, 4) is 0 Å². The number of pyridine rings is 1. The molecule has 17 heavy (non-hydrogen) atoms. The lowest BCUT2D eigenvalue weighted by atomic mass is 9.77. The lowest BCUT2D eigenvalue weighted by molar-refractivity contribution is 0.229. The summed E-state index contributed by atoms with van der Waals surface area (Å²) in [5.41, 5.74) is 2.61. The van der Waals surface area contributed by atoms with E-state index in [0.717, 1.165) is 11.8 Å². The minimum Gasteiger partial charge on any atom is -0.313 e. The number of rotatable bonds is 3. The van der Waals surface area contributed by atoms with Crippen LogP contribution >= 0.6 is 0 Å². The van der Waals surface area contributed by atoms with Crippen LogP contribution in [-0.2, 0) is 0 Å². The Labute approximate surface area is 105 Å². The molecule has 1 aromatic heterocycles. The van der Waals surface area contributed by atoms with E-state index in [9.17, 15) is 0 Å². The third-order valence-corrected chi connectivity index (χ3v) is 4.01. The van der Waals surface area contributed by atoms with Crippen molar-refractivity contribution < 1.29 is 0 Å². The predicted molar refractivity (Wildman–Crippen MR) is 71.9 cm³/mol. The largest absolute Gasteiger partial charge is 0.313 e. The molecule has 1 fully saturated rings. The Kier molecular flexibility index (Phi) is 4.16. The van der Waals surface area contributed by atoms with Crippen LogP contribution in [0.5, 0.6) is 0 Å². The van der Waals surface area contributed by atoms with Crippen LogP contribution < -0.4 is 5.32 Å². The van der Waals surface area contributed by atoms with E-state index in [1.807, 2.05) is 12.4 Å². The van der Waals surface area contributed by atoms with E-state index < -0.39 is 0 Å². The molecule has 0 aromatic carbocycles. The molecule has 1 heterocycles. The van der Waals surface area contributed by atoms with Crippen LogP contribution in [0, 0.1) is 18.8 Å². The van der Waals surface area contributed by atoms with Crippen LogP contribution in [0.2, 0.25) is 0 Å². The van der Waals surface area contributed by atoms with Gasteiger partial charge in [-0.25, -0.2) is 0 Å². The molecule has 0 amide bonds. The molecule has 1 aliphatic rings. The van der Waals surface area contributed by atoms with Gasteiger partial charge in [-0.05, 0) is 49.8 Å². The van der Waals surface area contributed by atoms with Crippen molar-refractivity contribution in [2.24, 2.45) is 11.8 Å². The second-order valence-electron chi connectivity index (χ2n) is 5.59. The molecule has 2 rings (SSSR count). The molecule has 1 aliphatic carbocycles. The summed E-state index contributed by atoms with van der Waals surface area (Å²) in [7, 11) is 2.08. The molecule has 0 radical (unpaired) electrons. The molecule has 0 spiro atoms. The van der Waals surface area contributed by atoms with Crippen LogP contribution in [0.4, 0.5) is 0 Å². The van der Waals surface area contributed by atoms with E-state index in [0.29, 0.717) is 6.04 Å². The number of hydrogen-bond donors (Lipinski definition) is 1. The molecule has 0 bridgehead atoms. The summed E-state index contributed by atoms with van der Waals surface area (Å²) >= 11 is 0. The van der Waals surface area contributed by atoms with Gasteiger partial charge in [0.1, 0.15) is 0 Å². The van der Waals surface area contributed by atoms with Gasteiger partial charge in [0, 0.05) is 18.4 Å². The third kappa shape index (κ3) is 3.06. The highest BCUT2D eigenvalue weighted by molar-refractivity contribution is 5.21. The summed E-state index contributed by atoms with van der Waals surface area (Å²) in [6.07, 6.45) is 9.43. The number of aryl methyl sites for hydroxylation is 1. The van der Waals surface area contributed by atoms with Crippen molar-refractivity contribution >= 4 is 0 Å². The molecule has 2 heteroatoms. The molecular weight excluding hydrogens is 208 g/mol. The van der Waals surface area contributed by atoms with E-state index in [1.165, 1.54) is 36.8 Å². The SMILES string of the molecule is CNC(c1cncc(C)c1)C1CCCC(C)C1. The molecule has 0 aliphatic heterocycles. The first-order chi connectivity index (χ1) is 8.20. The zero-order valence-electron chi connectivity index (χ0n) is 11.2. The standard InChI is InChI=1S/C15H24N2/c1-11-5-4-6-13(7-11)15(16-3)14-8-12(2)9-17-10-14/h8-11,13,15-16H,4-7H2,1-3H3. The van der Waals surface area contributed by atoms with Gasteiger partial charge in [-0.2, -0.15) is 0 Å². The maximum absolute atomic E-state index is 4.33. The zero-order valence-corrected chi connectivity index (χ0v) is 11.2. The summed E-state index contributed by atoms with van der Waals surface area (Å²) in [4.78, 5) is 4.33. The minimum absolute atomic E-state index is 0.477. The number of nitrogens with one attached hydrogen (secondary N) is 1. The first-order valence-electron chi connectivity index (χ1n) is 6.79. The minimum atomic E-state index is 0.477. The van der Waals surface area contributed by atoms with Gasteiger partial charge in [0.2, 0.25) is 0 Å². The number of aromatic nitrogens is 1. The molecule has 3 unspecified atom stereocenters. The molecular formula is C15H24N2. The van der Waals surface area contributed by atoms with Gasteiger partial charge in [-0.1, -0.05) is 25.8 Å². The lowest BCUT2D eigenvalue weighted by Crippen LogP contribution is -2.29. The van der Waals surface area contributed by atoms with Gasteiger partial charge in [0.25, 0.3) is 0 Å². The predicted octanol–water partition coefficient (Wildman–Crippen LogP) is 3.48. The van der Waals surface area contributed by atoms with Crippen LogP contribution in [-0.4, -0.2) is 12.0 Å². The highest BCUT2D eigenvalue weighted by Gasteiger charge is 2.26. The maximum atomic E-state index is 4.33. The van der Waals surface area contributed by atoms with Crippen LogP contribution in [0.25, 0.3) is 0 Å². The molecule has 94 valence electrons. The quantitative estimate of drug-likeness (QED) is 0.863. The van der Waals surface area contributed by atoms with Gasteiger partial charge in [0.05, 0.1) is 0 Å². The van der Waals surface area contributed by atoms with E-state index in [4.69, 9.17) is 0 Å². The molecule has 3 atom stereocenters. The third-order valence-electron chi connectivity index (χ3n) is 4.01. The molecule has 1 saturated carbocycles. The Bertz CT molecular complexity index is 362. The van der Waals surface area contributed by atoms with Crippen molar-refractivity contribution in [3.63, 3.8) is 0 Å². The van der Waals surface area contributed by atoms with Crippen LogP contribution in [0.15, 0.2) is 18.5 Å². The average Bonchev–Trinajstić information content (AvgIpc) is 2.30. The Morgan fingerprint density at radius 2 is 2.18 bits per heavy atom. The summed E-state index contributed by atoms with van der Waals surface area (Å²) in [5.74, 6) is 1.65. The maximum Gasteiger partial charge on any atom is 0.0361 e. The number of hydrogen-bond acceptors (Lipinski definition) is 2. The fraction of sp³-hybridized carbons (Fsp3) is 0.667. The van der Waals surface area contributed by atoms with E-state index in [2.05, 4.69) is 37.3 Å². The van der Waals surface area contributed by atoms with Gasteiger partial charge in [0.15, 0.2) is 0 Å². The van der Waals surface area contributed by atoms with Crippen LogP contribution in [0.3, 0.4) is 0 Å². The number of nitrogens with zero attached hydrogens (tertiary/aromatic N) is 1. The van der Waals surface area contributed by atoms with Gasteiger partial charge in [-0.3, -0.25) is 4.98 Å². The van der Waals surface area contributed by atoms with Crippen molar-refractivity contribution in [1.82, 2.24) is 10.3 Å². The first kappa shape index (κ1) is 12.6. The van der Waals surface area contributed by atoms with Gasteiger partial charge < -0.3 is 5.32 Å². The summed E-state index contributed by atoms with van der Waals surface area (Å²) in [6.45, 7) is 4.50. The Morgan fingerprint density at radius 3 is 2.82 bits per heavy atom. The fourth-order valence-corrected chi connectivity index (χ4v) is 3.21. The Balaban J connectivity index is 2.15. The van der Waals surface area contributed by atoms with E-state index in [-0.39, 0.29) is 0 Å². The smallest absolute Gasteiger partial charge is 0.0361 e. The summed E-state index contributed by atoms with van der Waals surface area (Å²) in [5, 5.41) is 3.50. The molecule has 1 N–H and O–H groups in total. The second kappa shape index (κ2) is 5.63. The summed E-state index contributed by atoms with van der Waals surface area (Å²) in [6, 6.07) is 2.75. The van der Waals surface area contributed by atoms with Crippen molar-refractivity contribution in [3.05, 3.63) is 29.6 Å². The fourth-order valence-electron chi connectivity index (χ4n) is 3.21. The monoisotopic (exact) mass is 232 g/mol. The normalized spacial score (nSPS) is 26.8. The van der Waals surface area contributed by atoms with Crippen LogP contribution in [0.1, 0.15) is 49.8 Å². The Hall–Kier alpha value is -0.890. The van der Waals surface area contributed by atoms with Crippen molar-refractivity contribution in [2.45, 2.75) is 45.6 Å². The molecule has 1 aromatic rings. The van der Waals surface area contributed by atoms with Gasteiger partial charge >= 0.3 is 0 Å². The topological polar surface area (TPSA) is 24.9 Å². The Morgan fingerprint density at radius 1 is 1.35 bits per heavy atom. The highest BCUT2D eigenvalue weighted by atomic mass is 14.9. The summed E-state index contributed by atoms with van der Waals surface area (Å²) < 4.78 is 0. The molecule has 2 nitrogen and oxygen atoms in total. The molecule has 0 saturated heterocycles. The van der Waals surface area contributed by atoms with Crippen molar-refractivity contribution in [2.75, 3.05) is 7.05 Å². The second-order valence-corrected chi connectivity index (χ2v) is 5.59. The first-order valence-corrected chi connectivity index (χ1v) is 6.79. The highest BCUT2D eigenvalue weighted by Crippen LogP contribution is 2.36. The zero-order chi connectivity index (χ0) is 12.3. The average molecular weight is 232 g/mol.